The number of aromatic hydroxyl groups is 1. The van der Waals surface area contributed by atoms with Crippen LogP contribution in [0.4, 0.5) is 0 Å². The lowest BCUT2D eigenvalue weighted by Crippen LogP contribution is -2.37. The molecule has 0 spiro atoms. The molecule has 0 aliphatic rings. The number of carbonyl (C=O) groups is 2. The Morgan fingerprint density at radius 1 is 1.29 bits per heavy atom. The second-order valence-electron chi connectivity index (χ2n) is 3.49. The van der Waals surface area contributed by atoms with Gasteiger partial charge in [0.1, 0.15) is 11.8 Å². The summed E-state index contributed by atoms with van der Waals surface area (Å²) in [4.78, 5) is 21.8. The number of aliphatic carboxylic acids is 1. The summed E-state index contributed by atoms with van der Waals surface area (Å²) in [6.45, 7) is 1.38. The highest BCUT2D eigenvalue weighted by Crippen LogP contribution is 2.10. The molecular weight excluding hydrogens is 222 g/mol. The standard InChI is InChI=1S/C12H13NO4/c1-8(12(16)17)13-11(15)7-4-9-2-5-10(14)6-3-9/h2-8,14H,1H3,(H,13,15)(H,16,17)/b7-4+/t8-/m0/s1. The van der Waals surface area contributed by atoms with E-state index >= 15 is 0 Å². The maximum atomic E-state index is 11.3. The average molecular weight is 235 g/mol. The largest absolute Gasteiger partial charge is 0.508 e. The van der Waals surface area contributed by atoms with Crippen LogP contribution < -0.4 is 5.32 Å². The van der Waals surface area contributed by atoms with E-state index in [-0.39, 0.29) is 5.75 Å². The Hall–Kier alpha value is -2.30. The van der Waals surface area contributed by atoms with Crippen molar-refractivity contribution in [2.24, 2.45) is 0 Å². The number of hydrogen-bond acceptors (Lipinski definition) is 3. The van der Waals surface area contributed by atoms with Crippen molar-refractivity contribution in [2.45, 2.75) is 13.0 Å². The monoisotopic (exact) mass is 235 g/mol. The summed E-state index contributed by atoms with van der Waals surface area (Å²) >= 11 is 0. The molecule has 5 heteroatoms. The number of rotatable bonds is 4. The number of benzene rings is 1. The molecule has 0 fully saturated rings. The van der Waals surface area contributed by atoms with Crippen molar-refractivity contribution >= 4 is 18.0 Å². The lowest BCUT2D eigenvalue weighted by atomic mass is 10.2. The molecule has 0 saturated carbocycles. The summed E-state index contributed by atoms with van der Waals surface area (Å²) in [5, 5.41) is 19.9. The van der Waals surface area contributed by atoms with E-state index in [0.29, 0.717) is 0 Å². The van der Waals surface area contributed by atoms with Crippen LogP contribution in [0.2, 0.25) is 0 Å². The van der Waals surface area contributed by atoms with Crippen LogP contribution in [-0.2, 0) is 9.59 Å². The second-order valence-corrected chi connectivity index (χ2v) is 3.49. The number of carboxylic acids is 1. The van der Waals surface area contributed by atoms with Crippen LogP contribution in [0.3, 0.4) is 0 Å². The topological polar surface area (TPSA) is 86.6 Å². The number of phenols is 1. The van der Waals surface area contributed by atoms with E-state index in [4.69, 9.17) is 10.2 Å². The zero-order chi connectivity index (χ0) is 12.8. The van der Waals surface area contributed by atoms with Gasteiger partial charge in [-0.2, -0.15) is 0 Å². The molecule has 3 N–H and O–H groups in total. The Balaban J connectivity index is 2.56. The molecule has 1 aromatic rings. The molecule has 0 radical (unpaired) electrons. The Bertz CT molecular complexity index is 436. The van der Waals surface area contributed by atoms with Crippen LogP contribution >= 0.6 is 0 Å². The van der Waals surface area contributed by atoms with Crippen molar-refractivity contribution in [2.75, 3.05) is 0 Å². The van der Waals surface area contributed by atoms with Crippen LogP contribution in [0.5, 0.6) is 5.75 Å². The van der Waals surface area contributed by atoms with E-state index in [1.165, 1.54) is 31.2 Å². The smallest absolute Gasteiger partial charge is 0.325 e. The van der Waals surface area contributed by atoms with E-state index in [1.807, 2.05) is 0 Å². The maximum Gasteiger partial charge on any atom is 0.325 e. The highest BCUT2D eigenvalue weighted by atomic mass is 16.4. The quantitative estimate of drug-likeness (QED) is 0.679. The summed E-state index contributed by atoms with van der Waals surface area (Å²) in [7, 11) is 0. The fraction of sp³-hybridized carbons (Fsp3) is 0.167. The minimum absolute atomic E-state index is 0.145. The number of hydrogen-bond donors (Lipinski definition) is 3. The number of nitrogens with one attached hydrogen (secondary N) is 1. The molecule has 17 heavy (non-hydrogen) atoms. The third kappa shape index (κ3) is 4.38. The lowest BCUT2D eigenvalue weighted by Gasteiger charge is -2.05. The van der Waals surface area contributed by atoms with Crippen LogP contribution in [0.1, 0.15) is 12.5 Å². The first kappa shape index (κ1) is 12.8. The van der Waals surface area contributed by atoms with Gasteiger partial charge < -0.3 is 15.5 Å². The van der Waals surface area contributed by atoms with Crippen LogP contribution in [0.15, 0.2) is 30.3 Å². The van der Waals surface area contributed by atoms with E-state index < -0.39 is 17.9 Å². The minimum Gasteiger partial charge on any atom is -0.508 e. The molecule has 0 saturated heterocycles. The first-order valence-electron chi connectivity index (χ1n) is 4.99. The third-order valence-electron chi connectivity index (χ3n) is 2.05. The molecule has 90 valence electrons. The average Bonchev–Trinajstić information content (AvgIpc) is 2.28. The van der Waals surface area contributed by atoms with Crippen molar-refractivity contribution in [3.8, 4) is 5.75 Å². The van der Waals surface area contributed by atoms with Gasteiger partial charge in [0.05, 0.1) is 0 Å². The number of carbonyl (C=O) groups excluding carboxylic acids is 1. The van der Waals surface area contributed by atoms with Crippen molar-refractivity contribution in [1.82, 2.24) is 5.32 Å². The van der Waals surface area contributed by atoms with Gasteiger partial charge in [-0.3, -0.25) is 9.59 Å². The molecule has 0 heterocycles. The molecule has 1 atom stereocenters. The van der Waals surface area contributed by atoms with Crippen molar-refractivity contribution in [3.05, 3.63) is 35.9 Å². The molecule has 0 unspecified atom stereocenters. The van der Waals surface area contributed by atoms with E-state index in [1.54, 1.807) is 12.1 Å². The number of amides is 1. The second kappa shape index (κ2) is 5.69. The minimum atomic E-state index is -1.09. The zero-order valence-electron chi connectivity index (χ0n) is 9.25. The lowest BCUT2D eigenvalue weighted by molar-refractivity contribution is -0.140. The molecule has 5 nitrogen and oxygen atoms in total. The Morgan fingerprint density at radius 3 is 2.41 bits per heavy atom. The fourth-order valence-electron chi connectivity index (χ4n) is 1.08. The summed E-state index contributed by atoms with van der Waals surface area (Å²) in [5.41, 5.74) is 0.737. The van der Waals surface area contributed by atoms with Gasteiger partial charge in [0.2, 0.25) is 5.91 Å². The summed E-state index contributed by atoms with van der Waals surface area (Å²) < 4.78 is 0. The summed E-state index contributed by atoms with van der Waals surface area (Å²) in [5.74, 6) is -1.42. The zero-order valence-corrected chi connectivity index (χ0v) is 9.25. The highest BCUT2D eigenvalue weighted by Gasteiger charge is 2.11. The normalized spacial score (nSPS) is 12.3. The maximum absolute atomic E-state index is 11.3. The first-order chi connectivity index (χ1) is 7.99. The SMILES string of the molecule is C[C@H](NC(=O)/C=C/c1ccc(O)cc1)C(=O)O. The predicted octanol–water partition coefficient (Wildman–Crippen LogP) is 0.995. The van der Waals surface area contributed by atoms with Gasteiger partial charge >= 0.3 is 5.97 Å². The van der Waals surface area contributed by atoms with Gasteiger partial charge in [0.15, 0.2) is 0 Å². The third-order valence-corrected chi connectivity index (χ3v) is 2.05. The molecule has 0 bridgehead atoms. The van der Waals surface area contributed by atoms with Crippen LogP contribution in [0, 0.1) is 0 Å². The first-order valence-corrected chi connectivity index (χ1v) is 4.99. The van der Waals surface area contributed by atoms with Crippen molar-refractivity contribution < 1.29 is 19.8 Å². The number of phenolic OH excluding ortho intramolecular Hbond substituents is 1. The predicted molar refractivity (Wildman–Crippen MR) is 62.4 cm³/mol. The van der Waals surface area contributed by atoms with Gasteiger partial charge in [-0.25, -0.2) is 0 Å². The number of carboxylic acid groups (broad SMARTS) is 1. The molecule has 1 rings (SSSR count). The van der Waals surface area contributed by atoms with Crippen molar-refractivity contribution in [1.29, 1.82) is 0 Å². The Labute approximate surface area is 98.4 Å². The molecule has 1 aromatic carbocycles. The fourth-order valence-corrected chi connectivity index (χ4v) is 1.08. The molecule has 1 amide bonds. The van der Waals surface area contributed by atoms with Gasteiger partial charge in [-0.1, -0.05) is 12.1 Å². The molecular formula is C12H13NO4. The molecule has 0 aliphatic heterocycles. The van der Waals surface area contributed by atoms with Gasteiger partial charge in [0, 0.05) is 6.08 Å². The Kier molecular flexibility index (Phi) is 4.28. The van der Waals surface area contributed by atoms with E-state index in [2.05, 4.69) is 5.32 Å². The summed E-state index contributed by atoms with van der Waals surface area (Å²) in [6, 6.07) is 5.35. The van der Waals surface area contributed by atoms with Crippen molar-refractivity contribution in [3.63, 3.8) is 0 Å². The van der Waals surface area contributed by atoms with Gasteiger partial charge in [0.25, 0.3) is 0 Å². The molecule has 0 aliphatic carbocycles. The highest BCUT2D eigenvalue weighted by molar-refractivity contribution is 5.94. The molecule has 0 aromatic heterocycles. The van der Waals surface area contributed by atoms with E-state index in [0.717, 1.165) is 5.56 Å². The van der Waals surface area contributed by atoms with Gasteiger partial charge in [-0.05, 0) is 30.7 Å². The van der Waals surface area contributed by atoms with Crippen LogP contribution in [-0.4, -0.2) is 28.1 Å². The summed E-state index contributed by atoms with van der Waals surface area (Å²) in [6.07, 6.45) is 2.77. The van der Waals surface area contributed by atoms with E-state index in [9.17, 15) is 9.59 Å². The van der Waals surface area contributed by atoms with Gasteiger partial charge in [-0.15, -0.1) is 0 Å². The van der Waals surface area contributed by atoms with Crippen LogP contribution in [0.25, 0.3) is 6.08 Å². The Morgan fingerprint density at radius 2 is 1.88 bits per heavy atom.